The van der Waals surface area contributed by atoms with Gasteiger partial charge in [0.1, 0.15) is 0 Å². The van der Waals surface area contributed by atoms with E-state index in [0.717, 1.165) is 37.0 Å². The minimum atomic E-state index is -5.13. The molecule has 0 unspecified atom stereocenters. The van der Waals surface area contributed by atoms with Crippen LogP contribution in [-0.4, -0.2) is 37.4 Å². The van der Waals surface area contributed by atoms with E-state index < -0.39 is 65.5 Å². The third kappa shape index (κ3) is 8.43. The van der Waals surface area contributed by atoms with E-state index in [4.69, 9.17) is 9.47 Å². The number of hydrogen-bond donors (Lipinski definition) is 1. The van der Waals surface area contributed by atoms with E-state index in [1.54, 1.807) is 0 Å². The van der Waals surface area contributed by atoms with Crippen LogP contribution < -0.4 is 5.32 Å². The Bertz CT molecular complexity index is 1160. The molecule has 0 fully saturated rings. The molecule has 0 aliphatic carbocycles. The Hall–Kier alpha value is -3.16. The van der Waals surface area contributed by atoms with E-state index in [1.165, 1.54) is 6.07 Å². The van der Waals surface area contributed by atoms with E-state index in [9.17, 15) is 44.3 Å². The summed E-state index contributed by atoms with van der Waals surface area (Å²) < 4.78 is 132. The van der Waals surface area contributed by atoms with Gasteiger partial charge in [0.2, 0.25) is 0 Å². The predicted octanol–water partition coefficient (Wildman–Crippen LogP) is 8.44. The Morgan fingerprint density at radius 1 is 0.902 bits per heavy atom. The van der Waals surface area contributed by atoms with Crippen molar-refractivity contribution in [1.82, 2.24) is 4.90 Å². The summed E-state index contributed by atoms with van der Waals surface area (Å²) in [6.45, 7) is 1.96. The second-order valence-electron chi connectivity index (χ2n) is 9.66. The fourth-order valence-electron chi connectivity index (χ4n) is 4.61. The van der Waals surface area contributed by atoms with Crippen molar-refractivity contribution in [3.8, 4) is 0 Å². The predicted molar refractivity (Wildman–Crippen MR) is 131 cm³/mol. The Morgan fingerprint density at radius 2 is 1.51 bits per heavy atom. The van der Waals surface area contributed by atoms with E-state index in [2.05, 4.69) is 5.32 Å². The highest BCUT2D eigenvalue weighted by Crippen LogP contribution is 2.43. The molecule has 2 aromatic rings. The number of unbranched alkanes of at least 4 members (excludes halogenated alkanes) is 1. The lowest BCUT2D eigenvalue weighted by Gasteiger charge is -2.39. The highest BCUT2D eigenvalue weighted by Gasteiger charge is 2.40. The van der Waals surface area contributed by atoms with Gasteiger partial charge in [-0.2, -0.15) is 39.5 Å². The van der Waals surface area contributed by atoms with Gasteiger partial charge in [0, 0.05) is 31.5 Å². The summed E-state index contributed by atoms with van der Waals surface area (Å²) in [7, 11) is 0.954. The van der Waals surface area contributed by atoms with Gasteiger partial charge in [-0.3, -0.25) is 4.90 Å². The molecule has 1 N–H and O–H groups in total. The molecule has 1 amide bonds. The quantitative estimate of drug-likeness (QED) is 0.232. The summed E-state index contributed by atoms with van der Waals surface area (Å²) in [5.74, 6) is 0. The van der Waals surface area contributed by atoms with Gasteiger partial charge in [-0.25, -0.2) is 4.79 Å². The first kappa shape index (κ1) is 32.4. The summed E-state index contributed by atoms with van der Waals surface area (Å²) in [4.78, 5) is 13.7. The highest BCUT2D eigenvalue weighted by molar-refractivity contribution is 5.70. The molecule has 0 bridgehead atoms. The second kappa shape index (κ2) is 12.8. The Kier molecular flexibility index (Phi) is 10.1. The normalized spacial score (nSPS) is 17.5. The first-order valence-electron chi connectivity index (χ1n) is 12.7. The van der Waals surface area contributed by atoms with Gasteiger partial charge < -0.3 is 14.8 Å². The van der Waals surface area contributed by atoms with Gasteiger partial charge >= 0.3 is 24.6 Å². The van der Waals surface area contributed by atoms with Crippen LogP contribution in [0.5, 0.6) is 0 Å². The van der Waals surface area contributed by atoms with E-state index >= 15 is 0 Å². The largest absolute Gasteiger partial charge is 0.453 e. The minimum absolute atomic E-state index is 0.00334. The van der Waals surface area contributed by atoms with Crippen molar-refractivity contribution >= 4 is 11.8 Å². The van der Waals surface area contributed by atoms with Crippen molar-refractivity contribution in [2.45, 2.75) is 69.8 Å². The molecule has 41 heavy (non-hydrogen) atoms. The molecular weight excluding hydrogens is 571 g/mol. The number of carbonyl (C=O) groups excluding carboxylic acids is 1. The second-order valence-corrected chi connectivity index (χ2v) is 9.66. The van der Waals surface area contributed by atoms with Crippen LogP contribution in [0.1, 0.15) is 66.5 Å². The summed E-state index contributed by atoms with van der Waals surface area (Å²) >= 11 is 0. The third-order valence-corrected chi connectivity index (χ3v) is 6.64. The standard InChI is InChI=1S/C27H29F9N2O3/c1-3-4-8-41-9-7-20-14-23(21-13-17(25(28,29)30)5-6-22(21)37-20)38(24(39)40-2)15-16-10-18(26(31,32)33)12-19(11-16)27(34,35)36/h5-6,10-13,20,23,37H,3-4,7-9,14-15H2,1-2H3/t20-,23+/m1/s1. The number of ether oxygens (including phenoxy) is 2. The molecule has 3 rings (SSSR count). The molecule has 2 atom stereocenters. The number of amides is 1. The summed E-state index contributed by atoms with van der Waals surface area (Å²) in [6, 6.07) is 2.11. The number of benzene rings is 2. The molecule has 1 aliphatic heterocycles. The fourth-order valence-corrected chi connectivity index (χ4v) is 4.61. The van der Waals surface area contributed by atoms with E-state index in [-0.39, 0.29) is 30.3 Å². The van der Waals surface area contributed by atoms with Gasteiger partial charge in [0.25, 0.3) is 0 Å². The average Bonchev–Trinajstić information content (AvgIpc) is 2.88. The lowest BCUT2D eigenvalue weighted by molar-refractivity contribution is -0.143. The van der Waals surface area contributed by atoms with Gasteiger partial charge in [-0.15, -0.1) is 0 Å². The zero-order chi connectivity index (χ0) is 30.6. The number of halogens is 9. The van der Waals surface area contributed by atoms with Crippen LogP contribution in [0.15, 0.2) is 36.4 Å². The van der Waals surface area contributed by atoms with Crippen LogP contribution >= 0.6 is 0 Å². The molecule has 0 saturated carbocycles. The van der Waals surface area contributed by atoms with Crippen molar-refractivity contribution in [1.29, 1.82) is 0 Å². The summed E-state index contributed by atoms with van der Waals surface area (Å²) in [5, 5.41) is 3.11. The fraction of sp³-hybridized carbons (Fsp3) is 0.519. The molecule has 14 heteroatoms. The lowest BCUT2D eigenvalue weighted by atomic mass is 9.89. The maximum Gasteiger partial charge on any atom is 0.416 e. The van der Waals surface area contributed by atoms with Crippen molar-refractivity contribution in [2.24, 2.45) is 0 Å². The minimum Gasteiger partial charge on any atom is -0.453 e. The maximum atomic E-state index is 13.6. The average molecular weight is 601 g/mol. The number of carbonyl (C=O) groups is 1. The van der Waals surface area contributed by atoms with Crippen LogP contribution in [0.25, 0.3) is 0 Å². The molecule has 0 saturated heterocycles. The molecule has 0 aromatic heterocycles. The highest BCUT2D eigenvalue weighted by atomic mass is 19.4. The Balaban J connectivity index is 2.06. The monoisotopic (exact) mass is 600 g/mol. The maximum absolute atomic E-state index is 13.6. The molecule has 1 heterocycles. The number of rotatable bonds is 9. The number of methoxy groups -OCH3 is 1. The Morgan fingerprint density at radius 3 is 2.05 bits per heavy atom. The molecular formula is C27H29F9N2O3. The van der Waals surface area contributed by atoms with Gasteiger partial charge in [-0.1, -0.05) is 13.3 Å². The van der Waals surface area contributed by atoms with Crippen molar-refractivity contribution in [3.63, 3.8) is 0 Å². The number of nitrogens with zero attached hydrogens (tertiary/aromatic N) is 1. The molecule has 1 aliphatic rings. The first-order chi connectivity index (χ1) is 19.0. The van der Waals surface area contributed by atoms with Crippen LogP contribution in [0.4, 0.5) is 50.0 Å². The summed E-state index contributed by atoms with van der Waals surface area (Å²) in [5.41, 5.74) is -4.49. The number of anilines is 1. The smallest absolute Gasteiger partial charge is 0.416 e. The van der Waals surface area contributed by atoms with Crippen LogP contribution in [0, 0.1) is 0 Å². The zero-order valence-corrected chi connectivity index (χ0v) is 22.1. The van der Waals surface area contributed by atoms with Crippen LogP contribution in [0.2, 0.25) is 0 Å². The van der Waals surface area contributed by atoms with Gasteiger partial charge in [-0.05, 0) is 66.8 Å². The third-order valence-electron chi connectivity index (χ3n) is 6.64. The van der Waals surface area contributed by atoms with Crippen LogP contribution in [0.3, 0.4) is 0 Å². The van der Waals surface area contributed by atoms with Gasteiger partial charge in [0.15, 0.2) is 0 Å². The molecule has 0 spiro atoms. The lowest BCUT2D eigenvalue weighted by Crippen LogP contribution is -2.41. The topological polar surface area (TPSA) is 50.8 Å². The van der Waals surface area contributed by atoms with Crippen molar-refractivity contribution in [3.05, 3.63) is 64.2 Å². The Labute approximate surface area is 230 Å². The van der Waals surface area contributed by atoms with Gasteiger partial charge in [0.05, 0.1) is 29.8 Å². The SMILES string of the molecule is CCCCOCC[C@@H]1C[C@H](N(Cc2cc(C(F)(F)F)cc(C(F)(F)F)c2)C(=O)OC)c2cc(C(F)(F)F)ccc2N1. The number of hydrogen-bond acceptors (Lipinski definition) is 4. The molecule has 0 radical (unpaired) electrons. The summed E-state index contributed by atoms with van der Waals surface area (Å²) in [6.07, 6.45) is -14.1. The molecule has 2 aromatic carbocycles. The van der Waals surface area contributed by atoms with Crippen molar-refractivity contribution in [2.75, 3.05) is 25.6 Å². The van der Waals surface area contributed by atoms with E-state index in [1.807, 2.05) is 6.92 Å². The molecule has 228 valence electrons. The first-order valence-corrected chi connectivity index (χ1v) is 12.7. The van der Waals surface area contributed by atoms with E-state index in [0.29, 0.717) is 25.2 Å². The zero-order valence-electron chi connectivity index (χ0n) is 22.1. The van der Waals surface area contributed by atoms with Crippen molar-refractivity contribution < 1.29 is 53.8 Å². The van der Waals surface area contributed by atoms with Crippen LogP contribution in [-0.2, 0) is 34.5 Å². The molecule has 5 nitrogen and oxygen atoms in total. The number of fused-ring (bicyclic) bond motifs is 1. The number of alkyl halides is 9. The number of nitrogens with one attached hydrogen (secondary N) is 1.